The van der Waals surface area contributed by atoms with Crippen LogP contribution in [0.4, 0.5) is 5.82 Å². The van der Waals surface area contributed by atoms with E-state index in [4.69, 9.17) is 4.74 Å². The van der Waals surface area contributed by atoms with Crippen molar-refractivity contribution in [2.45, 2.75) is 26.7 Å². The zero-order chi connectivity index (χ0) is 25.8. The van der Waals surface area contributed by atoms with Crippen LogP contribution in [-0.4, -0.2) is 47.8 Å². The summed E-state index contributed by atoms with van der Waals surface area (Å²) in [6.07, 6.45) is 1.97. The predicted molar refractivity (Wildman–Crippen MR) is 137 cm³/mol. The summed E-state index contributed by atoms with van der Waals surface area (Å²) in [5.74, 6) is 0.0602. The Balaban J connectivity index is 1.23. The first-order valence-electron chi connectivity index (χ1n) is 11.8. The van der Waals surface area contributed by atoms with E-state index in [0.29, 0.717) is 23.7 Å². The zero-order valence-electron chi connectivity index (χ0n) is 20.5. The fourth-order valence-corrected chi connectivity index (χ4v) is 4.13. The van der Waals surface area contributed by atoms with Crippen molar-refractivity contribution in [1.82, 2.24) is 29.4 Å². The number of aryl methyl sites for hydroxylation is 2. The Bertz CT molecular complexity index is 1560. The molecule has 0 unspecified atom stereocenters. The number of rotatable bonds is 8. The van der Waals surface area contributed by atoms with Gasteiger partial charge in [0.2, 0.25) is 0 Å². The number of carbonyl (C=O) groups excluding carboxylic acids is 2. The summed E-state index contributed by atoms with van der Waals surface area (Å²) in [5.41, 5.74) is 4.98. The number of aromatic nitrogens is 6. The normalized spacial score (nSPS) is 11.0. The van der Waals surface area contributed by atoms with Gasteiger partial charge in [-0.25, -0.2) is 14.2 Å². The van der Waals surface area contributed by atoms with E-state index in [-0.39, 0.29) is 6.42 Å². The molecule has 0 aliphatic heterocycles. The van der Waals surface area contributed by atoms with Crippen molar-refractivity contribution < 1.29 is 14.3 Å². The molecule has 0 radical (unpaired) electrons. The number of esters is 1. The second kappa shape index (κ2) is 10.4. The van der Waals surface area contributed by atoms with Gasteiger partial charge in [0.1, 0.15) is 12.1 Å². The third kappa shape index (κ3) is 5.22. The van der Waals surface area contributed by atoms with Crippen LogP contribution in [0.2, 0.25) is 0 Å². The first-order valence-corrected chi connectivity index (χ1v) is 11.8. The van der Waals surface area contributed by atoms with Gasteiger partial charge >= 0.3 is 5.97 Å². The van der Waals surface area contributed by atoms with E-state index < -0.39 is 18.5 Å². The van der Waals surface area contributed by atoms with Crippen LogP contribution in [0.1, 0.15) is 23.4 Å². The summed E-state index contributed by atoms with van der Waals surface area (Å²) in [4.78, 5) is 33.6. The Morgan fingerprint density at radius 1 is 1.00 bits per heavy atom. The highest BCUT2D eigenvalue weighted by molar-refractivity contribution is 5.93. The van der Waals surface area contributed by atoms with E-state index >= 15 is 0 Å². The molecule has 2 aromatic carbocycles. The summed E-state index contributed by atoms with van der Waals surface area (Å²) in [5, 5.41) is 11.7. The van der Waals surface area contributed by atoms with Gasteiger partial charge in [0, 0.05) is 29.4 Å². The lowest BCUT2D eigenvalue weighted by molar-refractivity contribution is -0.147. The molecule has 3 heterocycles. The second-order valence-corrected chi connectivity index (χ2v) is 8.47. The van der Waals surface area contributed by atoms with Crippen molar-refractivity contribution in [1.29, 1.82) is 0 Å². The topological polar surface area (TPSA) is 116 Å². The lowest BCUT2D eigenvalue weighted by Crippen LogP contribution is -2.22. The molecule has 3 aromatic heterocycles. The third-order valence-corrected chi connectivity index (χ3v) is 5.98. The molecule has 0 fully saturated rings. The van der Waals surface area contributed by atoms with Crippen LogP contribution in [0.25, 0.3) is 22.7 Å². The number of anilines is 1. The minimum atomic E-state index is -0.478. The quantitative estimate of drug-likeness (QED) is 0.326. The van der Waals surface area contributed by atoms with Gasteiger partial charge in [-0.2, -0.15) is 15.2 Å². The third-order valence-electron chi connectivity index (χ3n) is 5.98. The summed E-state index contributed by atoms with van der Waals surface area (Å²) < 4.78 is 8.54. The van der Waals surface area contributed by atoms with Crippen molar-refractivity contribution >= 4 is 23.5 Å². The highest BCUT2D eigenvalue weighted by atomic mass is 16.5. The highest BCUT2D eigenvalue weighted by Gasteiger charge is 2.16. The minimum Gasteiger partial charge on any atom is -0.456 e. The average Bonchev–Trinajstić information content (AvgIpc) is 3.56. The molecule has 10 nitrogen and oxygen atoms in total. The lowest BCUT2D eigenvalue weighted by atomic mass is 10.1. The zero-order valence-corrected chi connectivity index (χ0v) is 20.5. The number of carbonyl (C=O) groups is 2. The Labute approximate surface area is 212 Å². The monoisotopic (exact) mass is 495 g/mol. The molecule has 37 heavy (non-hydrogen) atoms. The van der Waals surface area contributed by atoms with E-state index in [0.717, 1.165) is 28.2 Å². The molecule has 0 aliphatic carbocycles. The van der Waals surface area contributed by atoms with Crippen LogP contribution in [-0.2, 0) is 20.7 Å². The number of amides is 1. The van der Waals surface area contributed by atoms with Crippen molar-refractivity contribution in [3.8, 4) is 16.9 Å². The summed E-state index contributed by atoms with van der Waals surface area (Å²) in [6.45, 7) is 3.37. The Hall–Kier alpha value is -4.86. The Kier molecular flexibility index (Phi) is 6.71. The van der Waals surface area contributed by atoms with Gasteiger partial charge in [-0.1, -0.05) is 48.5 Å². The average molecular weight is 496 g/mol. The molecule has 0 spiro atoms. The molecule has 1 N–H and O–H groups in total. The van der Waals surface area contributed by atoms with E-state index in [1.54, 1.807) is 15.3 Å². The van der Waals surface area contributed by atoms with Gasteiger partial charge in [0.05, 0.1) is 11.4 Å². The summed E-state index contributed by atoms with van der Waals surface area (Å²) in [6, 6.07) is 21.0. The van der Waals surface area contributed by atoms with Gasteiger partial charge in [-0.3, -0.25) is 9.59 Å². The first-order chi connectivity index (χ1) is 18.0. The molecule has 5 rings (SSSR count). The van der Waals surface area contributed by atoms with Crippen LogP contribution in [0, 0.1) is 13.8 Å². The van der Waals surface area contributed by atoms with Crippen molar-refractivity contribution in [3.05, 3.63) is 90.0 Å². The van der Waals surface area contributed by atoms with Crippen molar-refractivity contribution in [2.24, 2.45) is 0 Å². The van der Waals surface area contributed by atoms with Crippen LogP contribution in [0.3, 0.4) is 0 Å². The van der Waals surface area contributed by atoms with E-state index in [1.165, 1.54) is 6.33 Å². The van der Waals surface area contributed by atoms with Gasteiger partial charge in [0.15, 0.2) is 6.61 Å². The van der Waals surface area contributed by atoms with Gasteiger partial charge < -0.3 is 10.1 Å². The predicted octanol–water partition coefficient (Wildman–Crippen LogP) is 3.71. The van der Waals surface area contributed by atoms with Crippen LogP contribution < -0.4 is 5.32 Å². The van der Waals surface area contributed by atoms with Crippen LogP contribution in [0.5, 0.6) is 0 Å². The number of hydrogen-bond donors (Lipinski definition) is 1. The number of nitrogens with one attached hydrogen (secondary N) is 1. The van der Waals surface area contributed by atoms with Crippen molar-refractivity contribution in [3.63, 3.8) is 0 Å². The molecule has 5 aromatic rings. The number of para-hydroxylation sites is 1. The molecule has 10 heteroatoms. The number of benzene rings is 2. The molecular formula is C27H25N7O3. The summed E-state index contributed by atoms with van der Waals surface area (Å²) >= 11 is 0. The number of nitrogens with zero attached hydrogens (tertiary/aromatic N) is 6. The van der Waals surface area contributed by atoms with Gasteiger partial charge in [-0.05, 0) is 38.0 Å². The molecular weight excluding hydrogens is 470 g/mol. The molecule has 0 saturated heterocycles. The van der Waals surface area contributed by atoms with Crippen molar-refractivity contribution in [2.75, 3.05) is 11.9 Å². The number of ether oxygens (including phenoxy) is 1. The number of hydrogen-bond acceptors (Lipinski definition) is 7. The standard InChI is InChI=1S/C27H25N7O3/c1-18-22(19(2)33-27(30-18)28-17-29-33)13-14-26(36)37-16-25(35)31-24-15-23(20-9-5-3-6-10-20)32-34(24)21-11-7-4-8-12-21/h3-12,15,17H,13-14,16H2,1-2H3,(H,31,35). The first kappa shape index (κ1) is 23.9. The van der Waals surface area contributed by atoms with Gasteiger partial charge in [-0.15, -0.1) is 0 Å². The molecule has 1 amide bonds. The molecule has 0 saturated carbocycles. The van der Waals surface area contributed by atoms with Gasteiger partial charge in [0.25, 0.3) is 11.7 Å². The van der Waals surface area contributed by atoms with E-state index in [2.05, 4.69) is 25.5 Å². The van der Waals surface area contributed by atoms with E-state index in [1.807, 2.05) is 74.5 Å². The maximum Gasteiger partial charge on any atom is 0.306 e. The molecule has 0 bridgehead atoms. The fraction of sp³-hybridized carbons (Fsp3) is 0.185. The highest BCUT2D eigenvalue weighted by Crippen LogP contribution is 2.24. The summed E-state index contributed by atoms with van der Waals surface area (Å²) in [7, 11) is 0. The van der Waals surface area contributed by atoms with Crippen LogP contribution in [0.15, 0.2) is 73.1 Å². The SMILES string of the molecule is Cc1nc2ncnn2c(C)c1CCC(=O)OCC(=O)Nc1cc(-c2ccccc2)nn1-c1ccccc1. The molecule has 186 valence electrons. The van der Waals surface area contributed by atoms with E-state index in [9.17, 15) is 9.59 Å². The fourth-order valence-electron chi connectivity index (χ4n) is 4.13. The smallest absolute Gasteiger partial charge is 0.306 e. The Morgan fingerprint density at radius 2 is 1.73 bits per heavy atom. The largest absolute Gasteiger partial charge is 0.456 e. The molecule has 0 atom stereocenters. The van der Waals surface area contributed by atoms with Crippen LogP contribution >= 0.6 is 0 Å². The Morgan fingerprint density at radius 3 is 2.49 bits per heavy atom. The maximum absolute atomic E-state index is 12.7. The number of fused-ring (bicyclic) bond motifs is 1. The maximum atomic E-state index is 12.7. The molecule has 0 aliphatic rings. The second-order valence-electron chi connectivity index (χ2n) is 8.47. The minimum absolute atomic E-state index is 0.108. The lowest BCUT2D eigenvalue weighted by Gasteiger charge is -2.11.